The van der Waals surface area contributed by atoms with E-state index in [0.29, 0.717) is 29.4 Å². The van der Waals surface area contributed by atoms with Crippen LogP contribution in [-0.4, -0.2) is 18.0 Å². The molecule has 1 aliphatic carbocycles. The van der Waals surface area contributed by atoms with E-state index in [-0.39, 0.29) is 0 Å². The first-order valence-corrected chi connectivity index (χ1v) is 7.08. The fraction of sp³-hybridized carbons (Fsp3) is 0.500. The first-order valence-electron chi connectivity index (χ1n) is 7.08. The number of rotatable bonds is 3. The van der Waals surface area contributed by atoms with Gasteiger partial charge in [0.1, 0.15) is 6.07 Å². The number of nitrogens with zero attached hydrogens (tertiary/aromatic N) is 3. The zero-order valence-electron chi connectivity index (χ0n) is 11.9. The highest BCUT2D eigenvalue weighted by Crippen LogP contribution is 2.26. The van der Waals surface area contributed by atoms with Crippen molar-refractivity contribution in [1.82, 2.24) is 4.90 Å². The zero-order chi connectivity index (χ0) is 14.5. The molecule has 1 saturated carbocycles. The monoisotopic (exact) mass is 268 g/mol. The van der Waals surface area contributed by atoms with Crippen LogP contribution in [0.5, 0.6) is 0 Å². The highest BCUT2D eigenvalue weighted by atomic mass is 15.1. The largest absolute Gasteiger partial charge is 0.397 e. The van der Waals surface area contributed by atoms with Crippen LogP contribution in [0.4, 0.5) is 5.69 Å². The Morgan fingerprint density at radius 3 is 2.50 bits per heavy atom. The summed E-state index contributed by atoms with van der Waals surface area (Å²) in [5, 5.41) is 18.1. The predicted molar refractivity (Wildman–Crippen MR) is 78.6 cm³/mol. The average Bonchev–Trinajstić information content (AvgIpc) is 2.50. The Morgan fingerprint density at radius 1 is 1.20 bits per heavy atom. The number of nitrogen functional groups attached to an aromatic ring is 1. The molecule has 0 heterocycles. The summed E-state index contributed by atoms with van der Waals surface area (Å²) in [6, 6.07) is 8.10. The predicted octanol–water partition coefficient (Wildman–Crippen LogP) is 2.78. The molecule has 0 radical (unpaired) electrons. The lowest BCUT2D eigenvalue weighted by Gasteiger charge is -2.31. The molecule has 0 saturated heterocycles. The van der Waals surface area contributed by atoms with Gasteiger partial charge in [-0.3, -0.25) is 4.90 Å². The summed E-state index contributed by atoms with van der Waals surface area (Å²) >= 11 is 0. The molecule has 4 nitrogen and oxygen atoms in total. The van der Waals surface area contributed by atoms with E-state index in [0.717, 1.165) is 5.56 Å². The molecule has 0 aromatic heterocycles. The van der Waals surface area contributed by atoms with Gasteiger partial charge < -0.3 is 5.73 Å². The number of nitrogens with two attached hydrogens (primary N) is 1. The Kier molecular flexibility index (Phi) is 4.61. The summed E-state index contributed by atoms with van der Waals surface area (Å²) in [5.74, 6) is 0. The zero-order valence-corrected chi connectivity index (χ0v) is 11.9. The average molecular weight is 268 g/mol. The van der Waals surface area contributed by atoms with Gasteiger partial charge in [0.2, 0.25) is 0 Å². The Morgan fingerprint density at radius 2 is 1.90 bits per heavy atom. The van der Waals surface area contributed by atoms with Crippen LogP contribution >= 0.6 is 0 Å². The molecule has 0 atom stereocenters. The number of hydrogen-bond donors (Lipinski definition) is 1. The molecule has 0 amide bonds. The fourth-order valence-electron chi connectivity index (χ4n) is 2.92. The lowest BCUT2D eigenvalue weighted by molar-refractivity contribution is 0.185. The summed E-state index contributed by atoms with van der Waals surface area (Å²) < 4.78 is 0. The van der Waals surface area contributed by atoms with Gasteiger partial charge >= 0.3 is 0 Å². The maximum Gasteiger partial charge on any atom is 0.101 e. The second kappa shape index (κ2) is 6.41. The van der Waals surface area contributed by atoms with Crippen molar-refractivity contribution in [2.45, 2.75) is 44.7 Å². The van der Waals surface area contributed by atoms with Gasteiger partial charge in [0.25, 0.3) is 0 Å². The van der Waals surface area contributed by atoms with E-state index in [1.807, 2.05) is 0 Å². The standard InChI is InChI=1S/C16H20N4/c1-20(15-5-3-2-4-6-15)11-14-8-12(9-17)7-13(10-18)16(14)19/h7-8,15H,2-6,11,19H2,1H3. The molecule has 104 valence electrons. The number of hydrogen-bond acceptors (Lipinski definition) is 4. The van der Waals surface area contributed by atoms with Gasteiger partial charge in [0.15, 0.2) is 0 Å². The van der Waals surface area contributed by atoms with Crippen LogP contribution in [-0.2, 0) is 6.54 Å². The smallest absolute Gasteiger partial charge is 0.101 e. The third kappa shape index (κ3) is 3.10. The second-order valence-electron chi connectivity index (χ2n) is 5.53. The van der Waals surface area contributed by atoms with Gasteiger partial charge in [-0.25, -0.2) is 0 Å². The highest BCUT2D eigenvalue weighted by Gasteiger charge is 2.19. The molecule has 0 bridgehead atoms. The van der Waals surface area contributed by atoms with Gasteiger partial charge in [-0.05, 0) is 37.6 Å². The van der Waals surface area contributed by atoms with E-state index in [4.69, 9.17) is 16.3 Å². The van der Waals surface area contributed by atoms with Crippen LogP contribution in [0.2, 0.25) is 0 Å². The van der Waals surface area contributed by atoms with E-state index in [1.54, 1.807) is 12.1 Å². The molecule has 20 heavy (non-hydrogen) atoms. The van der Waals surface area contributed by atoms with E-state index in [1.165, 1.54) is 32.1 Å². The Bertz CT molecular complexity index is 559. The number of benzene rings is 1. The van der Waals surface area contributed by atoms with Crippen molar-refractivity contribution in [3.05, 3.63) is 28.8 Å². The van der Waals surface area contributed by atoms with E-state index >= 15 is 0 Å². The van der Waals surface area contributed by atoms with E-state index in [2.05, 4.69) is 24.1 Å². The lowest BCUT2D eigenvalue weighted by Crippen LogP contribution is -2.33. The van der Waals surface area contributed by atoms with E-state index in [9.17, 15) is 0 Å². The van der Waals surface area contributed by atoms with Crippen molar-refractivity contribution in [3.8, 4) is 12.1 Å². The lowest BCUT2D eigenvalue weighted by atomic mass is 9.94. The van der Waals surface area contributed by atoms with Crippen LogP contribution < -0.4 is 5.73 Å². The molecule has 0 aliphatic heterocycles. The SMILES string of the molecule is CN(Cc1cc(C#N)cc(C#N)c1N)C1CCCCC1. The molecule has 2 rings (SSSR count). The molecule has 1 aliphatic rings. The number of anilines is 1. The minimum Gasteiger partial charge on any atom is -0.397 e. The molecule has 1 aromatic rings. The summed E-state index contributed by atoms with van der Waals surface area (Å²) in [5.41, 5.74) is 8.33. The summed E-state index contributed by atoms with van der Waals surface area (Å²) in [4.78, 5) is 2.30. The molecule has 1 fully saturated rings. The third-order valence-electron chi connectivity index (χ3n) is 4.13. The normalized spacial score (nSPS) is 15.8. The van der Waals surface area contributed by atoms with Crippen LogP contribution in [0.1, 0.15) is 48.8 Å². The summed E-state index contributed by atoms with van der Waals surface area (Å²) in [7, 11) is 2.10. The molecule has 0 spiro atoms. The molecular formula is C16H20N4. The van der Waals surface area contributed by atoms with Gasteiger partial charge in [-0.2, -0.15) is 10.5 Å². The van der Waals surface area contributed by atoms with Crippen molar-refractivity contribution in [1.29, 1.82) is 10.5 Å². The van der Waals surface area contributed by atoms with Crippen molar-refractivity contribution in [3.63, 3.8) is 0 Å². The first-order chi connectivity index (χ1) is 9.65. The molecule has 1 aromatic carbocycles. The molecule has 4 heteroatoms. The quantitative estimate of drug-likeness (QED) is 0.855. The van der Waals surface area contributed by atoms with Gasteiger partial charge in [-0.15, -0.1) is 0 Å². The van der Waals surface area contributed by atoms with Crippen molar-refractivity contribution < 1.29 is 0 Å². The van der Waals surface area contributed by atoms with Crippen molar-refractivity contribution in [2.75, 3.05) is 12.8 Å². The first kappa shape index (κ1) is 14.4. The highest BCUT2D eigenvalue weighted by molar-refractivity contribution is 5.62. The third-order valence-corrected chi connectivity index (χ3v) is 4.13. The Labute approximate surface area is 120 Å². The van der Waals surface area contributed by atoms with Crippen molar-refractivity contribution in [2.24, 2.45) is 0 Å². The Balaban J connectivity index is 2.20. The fourth-order valence-corrected chi connectivity index (χ4v) is 2.92. The van der Waals surface area contributed by atoms with Crippen LogP contribution in [0.25, 0.3) is 0 Å². The minimum absolute atomic E-state index is 0.399. The van der Waals surface area contributed by atoms with Crippen LogP contribution in [0, 0.1) is 22.7 Å². The summed E-state index contributed by atoms with van der Waals surface area (Å²) in [6.45, 7) is 0.695. The molecule has 0 unspecified atom stereocenters. The number of nitriles is 2. The van der Waals surface area contributed by atoms with Crippen LogP contribution in [0.3, 0.4) is 0 Å². The maximum atomic E-state index is 9.09. The molecule has 2 N–H and O–H groups in total. The Hall–Kier alpha value is -2.04. The maximum absolute atomic E-state index is 9.09. The minimum atomic E-state index is 0.399. The van der Waals surface area contributed by atoms with Gasteiger partial charge in [0, 0.05) is 12.6 Å². The van der Waals surface area contributed by atoms with Crippen LogP contribution in [0.15, 0.2) is 12.1 Å². The topological polar surface area (TPSA) is 76.8 Å². The summed E-state index contributed by atoms with van der Waals surface area (Å²) in [6.07, 6.45) is 6.34. The van der Waals surface area contributed by atoms with Gasteiger partial charge in [0.05, 0.1) is 22.9 Å². The van der Waals surface area contributed by atoms with Crippen molar-refractivity contribution >= 4 is 5.69 Å². The second-order valence-corrected chi connectivity index (χ2v) is 5.53. The van der Waals surface area contributed by atoms with Gasteiger partial charge in [-0.1, -0.05) is 19.3 Å². The van der Waals surface area contributed by atoms with E-state index < -0.39 is 0 Å². The molecular weight excluding hydrogens is 248 g/mol.